The highest BCUT2D eigenvalue weighted by Crippen LogP contribution is 2.27. The summed E-state index contributed by atoms with van der Waals surface area (Å²) in [5, 5.41) is 0. The molecule has 1 aliphatic heterocycles. The fourth-order valence-corrected chi connectivity index (χ4v) is 2.47. The number of rotatable bonds is 6. The summed E-state index contributed by atoms with van der Waals surface area (Å²) in [6, 6.07) is 4.64. The first-order chi connectivity index (χ1) is 9.24. The molecule has 0 aromatic heterocycles. The number of halogens is 1. The summed E-state index contributed by atoms with van der Waals surface area (Å²) in [7, 11) is 1.52. The minimum absolute atomic E-state index is 0.199. The largest absolute Gasteiger partial charge is 0.497 e. The fourth-order valence-electron chi connectivity index (χ4n) is 2.47. The van der Waals surface area contributed by atoms with E-state index in [0.717, 1.165) is 32.3 Å². The zero-order valence-electron chi connectivity index (χ0n) is 11.2. The van der Waals surface area contributed by atoms with Crippen molar-refractivity contribution in [1.29, 1.82) is 0 Å². The van der Waals surface area contributed by atoms with Crippen molar-refractivity contribution in [1.82, 2.24) is 5.43 Å². The maximum absolute atomic E-state index is 14.0. The molecule has 0 spiro atoms. The number of hydrogen-bond acceptors (Lipinski definition) is 4. The van der Waals surface area contributed by atoms with Crippen LogP contribution in [0.3, 0.4) is 0 Å². The van der Waals surface area contributed by atoms with Crippen molar-refractivity contribution in [2.75, 3.05) is 13.7 Å². The predicted molar refractivity (Wildman–Crippen MR) is 71.2 cm³/mol. The zero-order chi connectivity index (χ0) is 13.7. The van der Waals surface area contributed by atoms with Gasteiger partial charge in [0.05, 0.1) is 13.2 Å². The van der Waals surface area contributed by atoms with Gasteiger partial charge in [-0.3, -0.25) is 11.3 Å². The molecule has 0 aliphatic carbocycles. The third-order valence-electron chi connectivity index (χ3n) is 3.59. The van der Waals surface area contributed by atoms with Gasteiger partial charge in [-0.25, -0.2) is 4.39 Å². The lowest BCUT2D eigenvalue weighted by atomic mass is 9.99. The number of benzene rings is 1. The van der Waals surface area contributed by atoms with Crippen LogP contribution in [0.15, 0.2) is 18.2 Å². The lowest BCUT2D eigenvalue weighted by molar-refractivity contribution is 0.0995. The highest BCUT2D eigenvalue weighted by molar-refractivity contribution is 5.30. The average molecular weight is 268 g/mol. The van der Waals surface area contributed by atoms with Crippen LogP contribution in [-0.4, -0.2) is 19.8 Å². The molecule has 1 heterocycles. The molecule has 1 aliphatic rings. The highest BCUT2D eigenvalue weighted by Gasteiger charge is 2.20. The number of hydrazine groups is 1. The van der Waals surface area contributed by atoms with Gasteiger partial charge in [0.2, 0.25) is 0 Å². The van der Waals surface area contributed by atoms with Crippen LogP contribution in [0.25, 0.3) is 0 Å². The van der Waals surface area contributed by atoms with E-state index in [1.807, 2.05) is 0 Å². The van der Waals surface area contributed by atoms with Crippen LogP contribution in [0.5, 0.6) is 5.75 Å². The molecule has 2 atom stereocenters. The Morgan fingerprint density at radius 2 is 2.42 bits per heavy atom. The smallest absolute Gasteiger partial charge is 0.131 e. The second-order valence-corrected chi connectivity index (χ2v) is 4.82. The lowest BCUT2D eigenvalue weighted by Crippen LogP contribution is -2.29. The van der Waals surface area contributed by atoms with Crippen molar-refractivity contribution in [2.45, 2.75) is 37.8 Å². The number of nitrogens with one attached hydrogen (secondary N) is 1. The maximum Gasteiger partial charge on any atom is 0.131 e. The van der Waals surface area contributed by atoms with Crippen LogP contribution >= 0.6 is 0 Å². The van der Waals surface area contributed by atoms with Crippen molar-refractivity contribution < 1.29 is 13.9 Å². The van der Waals surface area contributed by atoms with E-state index in [1.54, 1.807) is 12.1 Å². The van der Waals surface area contributed by atoms with Crippen molar-refractivity contribution in [2.24, 2.45) is 5.84 Å². The molecule has 1 fully saturated rings. The first kappa shape index (κ1) is 14.2. The van der Waals surface area contributed by atoms with Gasteiger partial charge in [-0.1, -0.05) is 6.07 Å². The molecule has 4 nitrogen and oxygen atoms in total. The Morgan fingerprint density at radius 3 is 3.00 bits per heavy atom. The third-order valence-corrected chi connectivity index (χ3v) is 3.59. The van der Waals surface area contributed by atoms with Gasteiger partial charge in [0, 0.05) is 24.3 Å². The van der Waals surface area contributed by atoms with Crippen LogP contribution in [0, 0.1) is 5.82 Å². The zero-order valence-corrected chi connectivity index (χ0v) is 11.2. The Morgan fingerprint density at radius 1 is 1.58 bits per heavy atom. The summed E-state index contributed by atoms with van der Waals surface area (Å²) in [4.78, 5) is 0. The molecule has 19 heavy (non-hydrogen) atoms. The number of nitrogens with two attached hydrogens (primary N) is 1. The minimum atomic E-state index is -0.297. The summed E-state index contributed by atoms with van der Waals surface area (Å²) in [5.41, 5.74) is 3.25. The van der Waals surface area contributed by atoms with Gasteiger partial charge in [0.15, 0.2) is 0 Å². The third kappa shape index (κ3) is 3.65. The molecule has 5 heteroatoms. The Bertz CT molecular complexity index is 408. The van der Waals surface area contributed by atoms with Crippen molar-refractivity contribution in [3.63, 3.8) is 0 Å². The molecule has 1 aromatic rings. The average Bonchev–Trinajstić information content (AvgIpc) is 2.94. The van der Waals surface area contributed by atoms with Crippen molar-refractivity contribution in [3.05, 3.63) is 29.6 Å². The second-order valence-electron chi connectivity index (χ2n) is 4.82. The lowest BCUT2D eigenvalue weighted by Gasteiger charge is -2.19. The standard InChI is InChI=1S/C14H21FN2O2/c1-18-11-4-6-12(13(15)9-11)14(17-16)7-5-10-3-2-8-19-10/h4,6,9-10,14,17H,2-3,5,7-8,16H2,1H3. The van der Waals surface area contributed by atoms with E-state index < -0.39 is 0 Å². The quantitative estimate of drug-likeness (QED) is 0.614. The summed E-state index contributed by atoms with van der Waals surface area (Å²) >= 11 is 0. The molecule has 1 aromatic carbocycles. The fraction of sp³-hybridized carbons (Fsp3) is 0.571. The van der Waals surface area contributed by atoms with Crippen molar-refractivity contribution in [3.8, 4) is 5.75 Å². The molecule has 2 rings (SSSR count). The Kier molecular flexibility index (Phi) is 5.13. The molecular weight excluding hydrogens is 247 g/mol. The SMILES string of the molecule is COc1ccc(C(CCC2CCCO2)NN)c(F)c1. The summed E-state index contributed by atoms with van der Waals surface area (Å²) in [6.45, 7) is 0.836. The van der Waals surface area contributed by atoms with E-state index >= 15 is 0 Å². The molecule has 0 bridgehead atoms. The maximum atomic E-state index is 14.0. The first-order valence-electron chi connectivity index (χ1n) is 6.65. The Balaban J connectivity index is 1.99. The number of methoxy groups -OCH3 is 1. The molecule has 3 N–H and O–H groups in total. The van der Waals surface area contributed by atoms with Gasteiger partial charge < -0.3 is 9.47 Å². The van der Waals surface area contributed by atoms with E-state index in [0.29, 0.717) is 11.3 Å². The van der Waals surface area contributed by atoms with Gasteiger partial charge in [-0.2, -0.15) is 0 Å². The van der Waals surface area contributed by atoms with Crippen LogP contribution in [-0.2, 0) is 4.74 Å². The van der Waals surface area contributed by atoms with E-state index in [2.05, 4.69) is 5.43 Å². The Hall–Kier alpha value is -1.17. The minimum Gasteiger partial charge on any atom is -0.497 e. The van der Waals surface area contributed by atoms with E-state index in [-0.39, 0.29) is 18.0 Å². The predicted octanol–water partition coefficient (Wildman–Crippen LogP) is 2.30. The number of ether oxygens (including phenoxy) is 2. The van der Waals surface area contributed by atoms with Gasteiger partial charge in [0.25, 0.3) is 0 Å². The van der Waals surface area contributed by atoms with E-state index in [4.69, 9.17) is 15.3 Å². The van der Waals surface area contributed by atoms with Crippen molar-refractivity contribution >= 4 is 0 Å². The molecule has 2 unspecified atom stereocenters. The van der Waals surface area contributed by atoms with Crippen LogP contribution in [0.4, 0.5) is 4.39 Å². The van der Waals surface area contributed by atoms with E-state index in [1.165, 1.54) is 13.2 Å². The molecule has 0 radical (unpaired) electrons. The van der Waals surface area contributed by atoms with Crippen LogP contribution < -0.4 is 16.0 Å². The van der Waals surface area contributed by atoms with E-state index in [9.17, 15) is 4.39 Å². The Labute approximate surface area is 113 Å². The van der Waals surface area contributed by atoms with Crippen LogP contribution in [0.2, 0.25) is 0 Å². The van der Waals surface area contributed by atoms with Crippen LogP contribution in [0.1, 0.15) is 37.3 Å². The molecule has 0 amide bonds. The molecule has 1 saturated heterocycles. The highest BCUT2D eigenvalue weighted by atomic mass is 19.1. The summed E-state index contributed by atoms with van der Waals surface area (Å²) in [6.07, 6.45) is 4.13. The molecule has 106 valence electrons. The summed E-state index contributed by atoms with van der Waals surface area (Å²) < 4.78 is 24.5. The number of hydrogen-bond donors (Lipinski definition) is 2. The van der Waals surface area contributed by atoms with Gasteiger partial charge in [-0.15, -0.1) is 0 Å². The molecule has 0 saturated carbocycles. The normalized spacial score (nSPS) is 20.5. The first-order valence-corrected chi connectivity index (χ1v) is 6.65. The monoisotopic (exact) mass is 268 g/mol. The van der Waals surface area contributed by atoms with Gasteiger partial charge in [0.1, 0.15) is 11.6 Å². The topological polar surface area (TPSA) is 56.5 Å². The molecular formula is C14H21FN2O2. The summed E-state index contributed by atoms with van der Waals surface area (Å²) in [5.74, 6) is 5.75. The van der Waals surface area contributed by atoms with Gasteiger partial charge in [-0.05, 0) is 31.7 Å². The second kappa shape index (κ2) is 6.84. The van der Waals surface area contributed by atoms with Gasteiger partial charge >= 0.3 is 0 Å².